The monoisotopic (exact) mass is 223 g/mol. The zero-order valence-electron chi connectivity index (χ0n) is 5.59. The van der Waals surface area contributed by atoms with E-state index >= 15 is 0 Å². The summed E-state index contributed by atoms with van der Waals surface area (Å²) in [5.74, 6) is 0. The van der Waals surface area contributed by atoms with Crippen molar-refractivity contribution in [1.29, 1.82) is 0 Å². The van der Waals surface area contributed by atoms with Crippen molar-refractivity contribution in [2.75, 3.05) is 0 Å². The van der Waals surface area contributed by atoms with Crippen LogP contribution in [0.3, 0.4) is 0 Å². The molecule has 0 spiro atoms. The molecule has 0 amide bonds. The molecule has 0 fully saturated rings. The second kappa shape index (κ2) is 3.28. The molecule has 0 aliphatic heterocycles. The summed E-state index contributed by atoms with van der Waals surface area (Å²) < 4.78 is 0. The van der Waals surface area contributed by atoms with Crippen LogP contribution in [0.25, 0.3) is 11.0 Å². The third kappa shape index (κ3) is 1.41. The molecular weight excluding hydrogens is 219 g/mol. The summed E-state index contributed by atoms with van der Waals surface area (Å²) in [4.78, 5) is 19.8. The van der Waals surface area contributed by atoms with E-state index in [0.717, 1.165) is 0 Å². The molecule has 0 unspecified atom stereocenters. The second-order valence-electron chi connectivity index (χ2n) is 1.92. The molecule has 2 aromatic heterocycles. The Morgan fingerprint density at radius 2 is 2.36 bits per heavy atom. The van der Waals surface area contributed by atoms with Crippen molar-refractivity contribution in [3.63, 3.8) is 0 Å². The van der Waals surface area contributed by atoms with Gasteiger partial charge in [0.1, 0.15) is 5.56 Å². The summed E-state index contributed by atoms with van der Waals surface area (Å²) in [6, 6.07) is 1.68. The third-order valence-electron chi connectivity index (χ3n) is 1.31. The zero-order chi connectivity index (χ0) is 6.97. The van der Waals surface area contributed by atoms with E-state index in [0.29, 0.717) is 11.0 Å². The van der Waals surface area contributed by atoms with E-state index in [-0.39, 0.29) is 38.3 Å². The van der Waals surface area contributed by atoms with Crippen LogP contribution in [0.5, 0.6) is 0 Å². The van der Waals surface area contributed by atoms with E-state index in [9.17, 15) is 4.79 Å². The number of hydrogen-bond acceptors (Lipinski definition) is 2. The predicted molar refractivity (Wildman–Crippen MR) is 35.6 cm³/mol. The Morgan fingerprint density at radius 3 is 3.09 bits per heavy atom. The van der Waals surface area contributed by atoms with Gasteiger partial charge in [0.25, 0.3) is 0 Å². The van der Waals surface area contributed by atoms with Crippen molar-refractivity contribution in [1.82, 2.24) is 15.0 Å². The molecule has 0 aliphatic carbocycles. The van der Waals surface area contributed by atoms with E-state index in [2.05, 4.69) is 21.3 Å². The predicted octanol–water partition coefficient (Wildman–Crippen LogP) is 0.0489. The van der Waals surface area contributed by atoms with Gasteiger partial charge in [-0.25, -0.2) is 0 Å². The van der Waals surface area contributed by atoms with Crippen LogP contribution in [-0.4, -0.2) is 15.0 Å². The second-order valence-corrected chi connectivity index (χ2v) is 1.92. The molecule has 2 N–H and O–H groups in total. The molecule has 2 heterocycles. The molecule has 2 rings (SSSR count). The quantitative estimate of drug-likeness (QED) is 0.620. The number of aromatic nitrogens is 3. The molecule has 1 radical (unpaired) electrons. The number of nitrogens with zero attached hydrogens (tertiary/aromatic N) is 1. The standard InChI is InChI=1S/C6H4N3O.Y/c10-6-4-1-2-7-5(4)8-3-9-6;/h1-2H,(H2,7,8,9,10);/q-1;. The van der Waals surface area contributed by atoms with Crippen molar-refractivity contribution in [2.45, 2.75) is 0 Å². The average Bonchev–Trinajstić information content (AvgIpc) is 2.36. The Bertz CT molecular complexity index is 405. The molecule has 0 atom stereocenters. The molecule has 53 valence electrons. The molecule has 0 aromatic carbocycles. The number of aromatic amines is 2. The number of hydrogen-bond donors (Lipinski definition) is 2. The summed E-state index contributed by atoms with van der Waals surface area (Å²) in [6.45, 7) is 0. The molecule has 4 nitrogen and oxygen atoms in total. The van der Waals surface area contributed by atoms with E-state index < -0.39 is 0 Å². The van der Waals surface area contributed by atoms with Gasteiger partial charge in [0.05, 0.1) is 0 Å². The van der Waals surface area contributed by atoms with Crippen molar-refractivity contribution in [2.24, 2.45) is 0 Å². The Kier molecular flexibility index (Phi) is 2.57. The van der Waals surface area contributed by atoms with Crippen LogP contribution < -0.4 is 5.56 Å². The molecule has 2 aromatic rings. The normalized spacial score (nSPS) is 9.45. The first-order chi connectivity index (χ1) is 4.88. The van der Waals surface area contributed by atoms with Gasteiger partial charge in [-0.15, -0.1) is 0 Å². The largest absolute Gasteiger partial charge is 0.420 e. The fourth-order valence-corrected chi connectivity index (χ4v) is 0.838. The van der Waals surface area contributed by atoms with Crippen LogP contribution in [-0.2, 0) is 32.7 Å². The van der Waals surface area contributed by atoms with E-state index in [1.54, 1.807) is 12.3 Å². The molecular formula is C6H4N3OY-. The van der Waals surface area contributed by atoms with Crippen LogP contribution in [0.1, 0.15) is 0 Å². The van der Waals surface area contributed by atoms with E-state index in [1.165, 1.54) is 0 Å². The first-order valence-electron chi connectivity index (χ1n) is 2.81. The van der Waals surface area contributed by atoms with Gasteiger partial charge in [0.2, 0.25) is 0 Å². The SMILES string of the molecule is O=c1[nH][c-]nc2[nH]ccc12.[Y]. The number of rotatable bonds is 0. The fraction of sp³-hybridized carbons (Fsp3) is 0. The maximum atomic E-state index is 10.9. The van der Waals surface area contributed by atoms with Crippen molar-refractivity contribution in [3.05, 3.63) is 28.9 Å². The van der Waals surface area contributed by atoms with Gasteiger partial charge in [-0.3, -0.25) is 0 Å². The van der Waals surface area contributed by atoms with E-state index in [4.69, 9.17) is 0 Å². The molecule has 5 heteroatoms. The Morgan fingerprint density at radius 1 is 1.55 bits per heavy atom. The maximum Gasteiger partial charge on any atom is 0.145 e. The van der Waals surface area contributed by atoms with Gasteiger partial charge in [-0.2, -0.15) is 0 Å². The summed E-state index contributed by atoms with van der Waals surface area (Å²) in [7, 11) is 0. The van der Waals surface area contributed by atoms with E-state index in [1.807, 2.05) is 0 Å². The van der Waals surface area contributed by atoms with Gasteiger partial charge in [-0.05, 0) is 11.6 Å². The summed E-state index contributed by atoms with van der Waals surface area (Å²) in [5, 5.41) is 0.568. The summed E-state index contributed by atoms with van der Waals surface area (Å²) in [6.07, 6.45) is 4.04. The van der Waals surface area contributed by atoms with Gasteiger partial charge in [-0.1, -0.05) is 6.07 Å². The van der Waals surface area contributed by atoms with Crippen molar-refractivity contribution >= 4 is 11.0 Å². The van der Waals surface area contributed by atoms with Crippen LogP contribution in [0.4, 0.5) is 0 Å². The van der Waals surface area contributed by atoms with Crippen LogP contribution in [0, 0.1) is 6.33 Å². The van der Waals surface area contributed by atoms with Gasteiger partial charge in [0, 0.05) is 44.7 Å². The van der Waals surface area contributed by atoms with Gasteiger partial charge < -0.3 is 19.7 Å². The summed E-state index contributed by atoms with van der Waals surface area (Å²) >= 11 is 0. The first-order valence-corrected chi connectivity index (χ1v) is 2.81. The van der Waals surface area contributed by atoms with Crippen molar-refractivity contribution in [3.8, 4) is 0 Å². The average molecular weight is 223 g/mol. The van der Waals surface area contributed by atoms with Crippen LogP contribution in [0.15, 0.2) is 17.1 Å². The van der Waals surface area contributed by atoms with Crippen molar-refractivity contribution < 1.29 is 32.7 Å². The van der Waals surface area contributed by atoms with Crippen LogP contribution >= 0.6 is 0 Å². The first kappa shape index (κ1) is 8.62. The van der Waals surface area contributed by atoms with Crippen LogP contribution in [0.2, 0.25) is 0 Å². The third-order valence-corrected chi connectivity index (χ3v) is 1.31. The smallest absolute Gasteiger partial charge is 0.145 e. The van der Waals surface area contributed by atoms with Gasteiger partial charge >= 0.3 is 0 Å². The Balaban J connectivity index is 0.000000605. The fourth-order valence-electron chi connectivity index (χ4n) is 0.838. The zero-order valence-corrected chi connectivity index (χ0v) is 8.43. The number of nitrogens with one attached hydrogen (secondary N) is 2. The Labute approximate surface area is 87.3 Å². The minimum atomic E-state index is -0.161. The minimum absolute atomic E-state index is 0. The molecule has 11 heavy (non-hydrogen) atoms. The number of H-pyrrole nitrogens is 2. The molecule has 0 bridgehead atoms. The molecule has 0 aliphatic rings. The number of fused-ring (bicyclic) bond motifs is 1. The maximum absolute atomic E-state index is 10.9. The molecule has 0 saturated heterocycles. The Hall–Kier alpha value is -0.476. The molecule has 0 saturated carbocycles. The summed E-state index contributed by atoms with van der Waals surface area (Å²) in [5.41, 5.74) is 0.412. The minimum Gasteiger partial charge on any atom is -0.420 e. The topological polar surface area (TPSA) is 61.5 Å². The van der Waals surface area contributed by atoms with Gasteiger partial charge in [0.15, 0.2) is 0 Å².